The van der Waals surface area contributed by atoms with Gasteiger partial charge in [0.15, 0.2) is 0 Å². The molecule has 106 valence electrons. The molecule has 1 aliphatic heterocycles. The third-order valence-electron chi connectivity index (χ3n) is 3.67. The number of rotatable bonds is 5. The van der Waals surface area contributed by atoms with Gasteiger partial charge in [0.25, 0.3) is 0 Å². The standard InChI is InChI=1S/C12H21BN2O4/c1-3-19-12(17)10-6-9(7-15(10)13(2)18)14-11(16)8-4-5-8/h8-10,18H,3-7H2,1-2H3,(H,14,16)/t9-,10-/m0/s1. The van der Waals surface area contributed by atoms with Gasteiger partial charge in [0.1, 0.15) is 6.04 Å². The fraction of sp³-hybridized carbons (Fsp3) is 0.833. The van der Waals surface area contributed by atoms with Crippen LogP contribution in [0.4, 0.5) is 0 Å². The highest BCUT2D eigenvalue weighted by molar-refractivity contribution is 6.45. The van der Waals surface area contributed by atoms with Crippen molar-refractivity contribution in [1.29, 1.82) is 0 Å². The highest BCUT2D eigenvalue weighted by Crippen LogP contribution is 2.29. The number of carbonyl (C=O) groups excluding carboxylic acids is 2. The molecule has 19 heavy (non-hydrogen) atoms. The summed E-state index contributed by atoms with van der Waals surface area (Å²) in [7, 11) is -0.725. The lowest BCUT2D eigenvalue weighted by Crippen LogP contribution is -2.46. The van der Waals surface area contributed by atoms with E-state index in [1.54, 1.807) is 18.6 Å². The Balaban J connectivity index is 1.94. The zero-order valence-corrected chi connectivity index (χ0v) is 11.5. The van der Waals surface area contributed by atoms with Crippen LogP contribution in [0, 0.1) is 5.92 Å². The fourth-order valence-electron chi connectivity index (χ4n) is 2.51. The van der Waals surface area contributed by atoms with Crippen LogP contribution >= 0.6 is 0 Å². The van der Waals surface area contributed by atoms with Gasteiger partial charge in [0.05, 0.1) is 6.61 Å². The van der Waals surface area contributed by atoms with E-state index in [1.165, 1.54) is 0 Å². The van der Waals surface area contributed by atoms with E-state index in [4.69, 9.17) is 4.74 Å². The van der Waals surface area contributed by atoms with Crippen molar-refractivity contribution in [1.82, 2.24) is 10.1 Å². The lowest BCUT2D eigenvalue weighted by Gasteiger charge is -2.23. The van der Waals surface area contributed by atoms with Gasteiger partial charge < -0.3 is 19.9 Å². The van der Waals surface area contributed by atoms with Crippen molar-refractivity contribution >= 4 is 18.9 Å². The molecule has 0 radical (unpaired) electrons. The second kappa shape index (κ2) is 5.92. The first-order chi connectivity index (χ1) is 9.02. The average molecular weight is 268 g/mol. The van der Waals surface area contributed by atoms with Gasteiger partial charge >= 0.3 is 13.0 Å². The zero-order valence-electron chi connectivity index (χ0n) is 11.5. The largest absolute Gasteiger partial charge is 0.465 e. The van der Waals surface area contributed by atoms with Crippen molar-refractivity contribution in [3.05, 3.63) is 0 Å². The van der Waals surface area contributed by atoms with Crippen LogP contribution in [0.25, 0.3) is 0 Å². The quantitative estimate of drug-likeness (QED) is 0.525. The molecular formula is C12H21BN2O4. The minimum absolute atomic E-state index is 0.0695. The Morgan fingerprint density at radius 3 is 2.68 bits per heavy atom. The van der Waals surface area contributed by atoms with Crippen molar-refractivity contribution in [2.75, 3.05) is 13.2 Å². The summed E-state index contributed by atoms with van der Waals surface area (Å²) in [5.41, 5.74) is 0. The summed E-state index contributed by atoms with van der Waals surface area (Å²) in [5.74, 6) is -0.103. The topological polar surface area (TPSA) is 78.9 Å². The van der Waals surface area contributed by atoms with E-state index in [-0.39, 0.29) is 23.8 Å². The number of ether oxygens (including phenoxy) is 1. The van der Waals surface area contributed by atoms with E-state index in [0.29, 0.717) is 19.6 Å². The molecule has 0 aromatic rings. The lowest BCUT2D eigenvalue weighted by atomic mass is 9.84. The first-order valence-corrected chi connectivity index (χ1v) is 6.93. The third kappa shape index (κ3) is 3.48. The van der Waals surface area contributed by atoms with Crippen molar-refractivity contribution < 1.29 is 19.3 Å². The lowest BCUT2D eigenvalue weighted by molar-refractivity contribution is -0.147. The van der Waals surface area contributed by atoms with Gasteiger partial charge in [-0.25, -0.2) is 0 Å². The van der Waals surface area contributed by atoms with Crippen LogP contribution in [0.2, 0.25) is 6.82 Å². The van der Waals surface area contributed by atoms with Crippen LogP contribution in [-0.2, 0) is 14.3 Å². The average Bonchev–Trinajstić information content (AvgIpc) is 3.11. The van der Waals surface area contributed by atoms with Crippen LogP contribution in [0.5, 0.6) is 0 Å². The van der Waals surface area contributed by atoms with Gasteiger partial charge in [0.2, 0.25) is 5.91 Å². The fourth-order valence-corrected chi connectivity index (χ4v) is 2.51. The molecule has 2 fully saturated rings. The molecule has 2 aliphatic rings. The number of nitrogens with zero attached hydrogens (tertiary/aromatic N) is 1. The molecule has 7 heteroatoms. The monoisotopic (exact) mass is 268 g/mol. The minimum Gasteiger partial charge on any atom is -0.465 e. The molecule has 2 N–H and O–H groups in total. The molecule has 0 bridgehead atoms. The molecule has 0 aromatic carbocycles. The number of esters is 1. The SMILES string of the molecule is CCOC(=O)[C@@H]1C[C@H](NC(=O)C2CC2)CN1B(C)O. The molecule has 1 saturated heterocycles. The van der Waals surface area contributed by atoms with E-state index >= 15 is 0 Å². The summed E-state index contributed by atoms with van der Waals surface area (Å²) in [6.45, 7) is 4.19. The first kappa shape index (κ1) is 14.3. The zero-order chi connectivity index (χ0) is 14.0. The minimum atomic E-state index is -0.725. The molecular weight excluding hydrogens is 247 g/mol. The van der Waals surface area contributed by atoms with Gasteiger partial charge in [-0.3, -0.25) is 9.59 Å². The molecule has 0 unspecified atom stereocenters. The Kier molecular flexibility index (Phi) is 4.47. The summed E-state index contributed by atoms with van der Waals surface area (Å²) >= 11 is 0. The molecule has 1 saturated carbocycles. The van der Waals surface area contributed by atoms with Crippen molar-refractivity contribution in [3.8, 4) is 0 Å². The van der Waals surface area contributed by atoms with Crippen LogP contribution < -0.4 is 5.32 Å². The number of amides is 1. The molecule has 1 amide bonds. The number of carbonyl (C=O) groups is 2. The van der Waals surface area contributed by atoms with Crippen LogP contribution in [0.15, 0.2) is 0 Å². The van der Waals surface area contributed by atoms with Crippen LogP contribution in [0.3, 0.4) is 0 Å². The summed E-state index contributed by atoms with van der Waals surface area (Å²) in [5, 5.41) is 12.7. The van der Waals surface area contributed by atoms with Gasteiger partial charge in [-0.2, -0.15) is 0 Å². The van der Waals surface area contributed by atoms with Crippen molar-refractivity contribution in [3.63, 3.8) is 0 Å². The summed E-state index contributed by atoms with van der Waals surface area (Å²) in [6, 6.07) is -0.554. The Bertz CT molecular complexity index is 360. The Labute approximate surface area is 113 Å². The maximum atomic E-state index is 11.9. The second-order valence-corrected chi connectivity index (χ2v) is 5.31. The third-order valence-corrected chi connectivity index (χ3v) is 3.67. The number of nitrogens with one attached hydrogen (secondary N) is 1. The maximum Gasteiger partial charge on any atom is 0.377 e. The summed E-state index contributed by atoms with van der Waals surface area (Å²) in [6.07, 6.45) is 2.42. The van der Waals surface area contributed by atoms with Crippen molar-refractivity contribution in [2.24, 2.45) is 5.92 Å². The van der Waals surface area contributed by atoms with E-state index in [0.717, 1.165) is 12.8 Å². The predicted molar refractivity (Wildman–Crippen MR) is 70.2 cm³/mol. The second-order valence-electron chi connectivity index (χ2n) is 5.31. The Morgan fingerprint density at radius 2 is 2.16 bits per heavy atom. The molecule has 0 spiro atoms. The van der Waals surface area contributed by atoms with E-state index in [1.807, 2.05) is 0 Å². The predicted octanol–water partition coefficient (Wildman–Crippen LogP) is -0.371. The summed E-state index contributed by atoms with van der Waals surface area (Å²) < 4.78 is 5.01. The van der Waals surface area contributed by atoms with E-state index in [2.05, 4.69) is 5.32 Å². The first-order valence-electron chi connectivity index (χ1n) is 6.93. The van der Waals surface area contributed by atoms with Gasteiger partial charge in [0, 0.05) is 18.5 Å². The van der Waals surface area contributed by atoms with Crippen LogP contribution in [-0.4, -0.2) is 54.0 Å². The highest BCUT2D eigenvalue weighted by Gasteiger charge is 2.42. The van der Waals surface area contributed by atoms with Gasteiger partial charge in [-0.05, 0) is 33.0 Å². The number of hydrogen-bond donors (Lipinski definition) is 2. The summed E-state index contributed by atoms with van der Waals surface area (Å²) in [4.78, 5) is 25.3. The Morgan fingerprint density at radius 1 is 1.47 bits per heavy atom. The molecule has 1 aliphatic carbocycles. The highest BCUT2D eigenvalue weighted by atomic mass is 16.5. The van der Waals surface area contributed by atoms with E-state index in [9.17, 15) is 14.6 Å². The van der Waals surface area contributed by atoms with Crippen molar-refractivity contribution in [2.45, 2.75) is 45.1 Å². The molecule has 2 rings (SSSR count). The Hall–Kier alpha value is -1.08. The van der Waals surface area contributed by atoms with Gasteiger partial charge in [-0.15, -0.1) is 0 Å². The smallest absolute Gasteiger partial charge is 0.377 e. The van der Waals surface area contributed by atoms with Crippen LogP contribution in [0.1, 0.15) is 26.2 Å². The molecule has 1 heterocycles. The molecule has 6 nitrogen and oxygen atoms in total. The maximum absolute atomic E-state index is 11.9. The number of hydrogen-bond acceptors (Lipinski definition) is 5. The van der Waals surface area contributed by atoms with Gasteiger partial charge in [-0.1, -0.05) is 0 Å². The molecule has 2 atom stereocenters. The normalized spacial score (nSPS) is 27.1. The van der Waals surface area contributed by atoms with E-state index < -0.39 is 13.1 Å². The molecule has 0 aromatic heterocycles.